The number of thiophene rings is 1. The third-order valence-electron chi connectivity index (χ3n) is 2.92. The summed E-state index contributed by atoms with van der Waals surface area (Å²) >= 11 is 1.71. The first-order valence-corrected chi connectivity index (χ1v) is 6.50. The highest BCUT2D eigenvalue weighted by Gasteiger charge is 2.10. The van der Waals surface area contributed by atoms with Crippen molar-refractivity contribution >= 4 is 27.2 Å². The van der Waals surface area contributed by atoms with Gasteiger partial charge in [0.1, 0.15) is 6.33 Å². The molecule has 0 fully saturated rings. The SMILES string of the molecule is CN(Cc1nncn1C)c1ccnc2ccsc12. The van der Waals surface area contributed by atoms with Crippen LogP contribution in [0.4, 0.5) is 5.69 Å². The second-order valence-electron chi connectivity index (χ2n) is 4.18. The van der Waals surface area contributed by atoms with Gasteiger partial charge in [-0.2, -0.15) is 0 Å². The maximum Gasteiger partial charge on any atom is 0.152 e. The Balaban J connectivity index is 1.95. The smallest absolute Gasteiger partial charge is 0.152 e. The Labute approximate surface area is 109 Å². The maximum atomic E-state index is 4.35. The number of rotatable bonds is 3. The zero-order valence-corrected chi connectivity index (χ0v) is 11.1. The number of nitrogens with zero attached hydrogens (tertiary/aromatic N) is 5. The third-order valence-corrected chi connectivity index (χ3v) is 3.84. The van der Waals surface area contributed by atoms with E-state index in [-0.39, 0.29) is 0 Å². The number of fused-ring (bicyclic) bond motifs is 1. The summed E-state index contributed by atoms with van der Waals surface area (Å²) < 4.78 is 3.14. The van der Waals surface area contributed by atoms with Crippen LogP contribution in [0.1, 0.15) is 5.82 Å². The summed E-state index contributed by atoms with van der Waals surface area (Å²) in [5.41, 5.74) is 2.22. The second kappa shape index (κ2) is 4.38. The number of hydrogen-bond donors (Lipinski definition) is 0. The Morgan fingerprint density at radius 2 is 2.28 bits per heavy atom. The molecule has 0 amide bonds. The fraction of sp³-hybridized carbons (Fsp3) is 0.250. The van der Waals surface area contributed by atoms with Gasteiger partial charge >= 0.3 is 0 Å². The predicted octanol–water partition coefficient (Wildman–Crippen LogP) is 2.06. The van der Waals surface area contributed by atoms with E-state index in [1.54, 1.807) is 17.7 Å². The van der Waals surface area contributed by atoms with Gasteiger partial charge in [0.15, 0.2) is 5.82 Å². The van der Waals surface area contributed by atoms with Crippen LogP contribution in [-0.4, -0.2) is 26.8 Å². The minimum Gasteiger partial charge on any atom is -0.366 e. The minimum atomic E-state index is 0.730. The Morgan fingerprint density at radius 1 is 1.39 bits per heavy atom. The molecule has 0 radical (unpaired) electrons. The van der Waals surface area contributed by atoms with Crippen molar-refractivity contribution in [3.8, 4) is 0 Å². The Morgan fingerprint density at radius 3 is 3.06 bits per heavy atom. The van der Waals surface area contributed by atoms with Gasteiger partial charge in [0.2, 0.25) is 0 Å². The highest BCUT2D eigenvalue weighted by atomic mass is 32.1. The van der Waals surface area contributed by atoms with Crippen LogP contribution in [0.25, 0.3) is 10.2 Å². The molecule has 0 bridgehead atoms. The fourth-order valence-corrected chi connectivity index (χ4v) is 2.83. The summed E-state index contributed by atoms with van der Waals surface area (Å²) in [6.07, 6.45) is 3.56. The van der Waals surface area contributed by atoms with Gasteiger partial charge in [-0.05, 0) is 17.5 Å². The average Bonchev–Trinajstić information content (AvgIpc) is 2.98. The molecule has 0 saturated carbocycles. The molecule has 0 atom stereocenters. The first kappa shape index (κ1) is 11.2. The molecular formula is C12H13N5S. The van der Waals surface area contributed by atoms with E-state index in [1.165, 1.54) is 10.4 Å². The van der Waals surface area contributed by atoms with Crippen molar-refractivity contribution in [2.75, 3.05) is 11.9 Å². The molecule has 92 valence electrons. The maximum absolute atomic E-state index is 4.35. The van der Waals surface area contributed by atoms with E-state index in [0.717, 1.165) is 17.9 Å². The lowest BCUT2D eigenvalue weighted by Gasteiger charge is -2.19. The van der Waals surface area contributed by atoms with Crippen LogP contribution >= 0.6 is 11.3 Å². The molecular weight excluding hydrogens is 246 g/mol. The van der Waals surface area contributed by atoms with Crippen molar-refractivity contribution < 1.29 is 0 Å². The van der Waals surface area contributed by atoms with E-state index in [9.17, 15) is 0 Å². The van der Waals surface area contributed by atoms with Crippen molar-refractivity contribution in [3.63, 3.8) is 0 Å². The lowest BCUT2D eigenvalue weighted by Crippen LogP contribution is -2.19. The molecule has 0 aliphatic carbocycles. The molecule has 5 nitrogen and oxygen atoms in total. The Hall–Kier alpha value is -1.95. The molecule has 0 unspecified atom stereocenters. The van der Waals surface area contributed by atoms with Gasteiger partial charge in [0.05, 0.1) is 22.4 Å². The molecule has 0 saturated heterocycles. The van der Waals surface area contributed by atoms with E-state index in [2.05, 4.69) is 32.5 Å². The van der Waals surface area contributed by atoms with Crippen molar-refractivity contribution in [2.45, 2.75) is 6.54 Å². The number of aromatic nitrogens is 4. The summed E-state index contributed by atoms with van der Waals surface area (Å²) in [5.74, 6) is 0.944. The van der Waals surface area contributed by atoms with Crippen LogP contribution in [0.5, 0.6) is 0 Å². The average molecular weight is 259 g/mol. The van der Waals surface area contributed by atoms with E-state index < -0.39 is 0 Å². The highest BCUT2D eigenvalue weighted by Crippen LogP contribution is 2.29. The van der Waals surface area contributed by atoms with Gasteiger partial charge in [0, 0.05) is 20.3 Å². The Kier molecular flexibility index (Phi) is 2.71. The monoisotopic (exact) mass is 259 g/mol. The van der Waals surface area contributed by atoms with Gasteiger partial charge < -0.3 is 9.47 Å². The largest absolute Gasteiger partial charge is 0.366 e. The second-order valence-corrected chi connectivity index (χ2v) is 5.10. The standard InChI is InChI=1S/C12H13N5S/c1-16(7-11-15-14-8-17(11)2)10-3-5-13-9-4-6-18-12(9)10/h3-6,8H,7H2,1-2H3. The minimum absolute atomic E-state index is 0.730. The molecule has 0 aliphatic rings. The lowest BCUT2D eigenvalue weighted by molar-refractivity contribution is 0.761. The quantitative estimate of drug-likeness (QED) is 0.722. The molecule has 3 heterocycles. The van der Waals surface area contributed by atoms with Crippen molar-refractivity contribution in [1.82, 2.24) is 19.7 Å². The molecule has 3 aromatic rings. The van der Waals surface area contributed by atoms with Crippen LogP contribution in [0.3, 0.4) is 0 Å². The van der Waals surface area contributed by atoms with Gasteiger partial charge in [-0.3, -0.25) is 4.98 Å². The summed E-state index contributed by atoms with van der Waals surface area (Å²) in [7, 11) is 4.01. The molecule has 0 aliphatic heterocycles. The summed E-state index contributed by atoms with van der Waals surface area (Å²) in [6.45, 7) is 0.730. The fourth-order valence-electron chi connectivity index (χ4n) is 1.91. The highest BCUT2D eigenvalue weighted by molar-refractivity contribution is 7.17. The number of pyridine rings is 1. The first-order valence-electron chi connectivity index (χ1n) is 5.62. The van der Waals surface area contributed by atoms with E-state index in [1.807, 2.05) is 29.9 Å². The molecule has 0 aromatic carbocycles. The molecule has 0 N–H and O–H groups in total. The van der Waals surface area contributed by atoms with Crippen LogP contribution < -0.4 is 4.90 Å². The van der Waals surface area contributed by atoms with Crippen LogP contribution in [0.15, 0.2) is 30.0 Å². The topological polar surface area (TPSA) is 46.8 Å². The molecule has 6 heteroatoms. The van der Waals surface area contributed by atoms with Crippen molar-refractivity contribution in [2.24, 2.45) is 7.05 Å². The molecule has 3 aromatic heterocycles. The third kappa shape index (κ3) is 1.84. The number of aryl methyl sites for hydroxylation is 1. The summed E-state index contributed by atoms with van der Waals surface area (Å²) in [4.78, 5) is 6.52. The van der Waals surface area contributed by atoms with Crippen LogP contribution in [0.2, 0.25) is 0 Å². The zero-order valence-electron chi connectivity index (χ0n) is 10.2. The number of anilines is 1. The van der Waals surface area contributed by atoms with E-state index in [0.29, 0.717) is 0 Å². The molecule has 18 heavy (non-hydrogen) atoms. The van der Waals surface area contributed by atoms with E-state index >= 15 is 0 Å². The van der Waals surface area contributed by atoms with Crippen molar-refractivity contribution in [1.29, 1.82) is 0 Å². The van der Waals surface area contributed by atoms with Gasteiger partial charge in [0.25, 0.3) is 0 Å². The van der Waals surface area contributed by atoms with E-state index in [4.69, 9.17) is 0 Å². The van der Waals surface area contributed by atoms with Crippen molar-refractivity contribution in [3.05, 3.63) is 35.9 Å². The van der Waals surface area contributed by atoms with Gasteiger partial charge in [-0.25, -0.2) is 0 Å². The Bertz CT molecular complexity index is 672. The zero-order chi connectivity index (χ0) is 12.5. The van der Waals surface area contributed by atoms with Gasteiger partial charge in [-0.15, -0.1) is 21.5 Å². The van der Waals surface area contributed by atoms with Gasteiger partial charge in [-0.1, -0.05) is 0 Å². The molecule has 0 spiro atoms. The van der Waals surface area contributed by atoms with Crippen LogP contribution in [0, 0.1) is 0 Å². The molecule has 3 rings (SSSR count). The first-order chi connectivity index (χ1) is 8.75. The number of hydrogen-bond acceptors (Lipinski definition) is 5. The van der Waals surface area contributed by atoms with Crippen LogP contribution in [-0.2, 0) is 13.6 Å². The normalized spacial score (nSPS) is 11.0. The summed E-state index contributed by atoms with van der Waals surface area (Å²) in [5, 5.41) is 10.1. The lowest BCUT2D eigenvalue weighted by atomic mass is 10.3. The predicted molar refractivity (Wildman–Crippen MR) is 72.7 cm³/mol. The summed E-state index contributed by atoms with van der Waals surface area (Å²) in [6, 6.07) is 4.08.